The zero-order valence-corrected chi connectivity index (χ0v) is 10.5. The molecule has 0 aliphatic heterocycles. The zero-order valence-electron chi connectivity index (χ0n) is 8.89. The van der Waals surface area contributed by atoms with E-state index in [9.17, 15) is 4.79 Å². The number of esters is 1. The quantitative estimate of drug-likeness (QED) is 0.627. The van der Waals surface area contributed by atoms with E-state index in [1.54, 1.807) is 24.5 Å². The third-order valence-corrected chi connectivity index (χ3v) is 2.40. The first-order valence-electron chi connectivity index (χ1n) is 5.00. The smallest absolute Gasteiger partial charge is 0.307 e. The van der Waals surface area contributed by atoms with Crippen LogP contribution in [0.4, 0.5) is 0 Å². The molecule has 0 radical (unpaired) electrons. The Balaban J connectivity index is 1.93. The molecule has 0 unspecified atom stereocenters. The molecule has 0 amide bonds. The standard InChI is InChI=1S/C11H10BrNO4/c12-4-3-11(14)16-7-8-6-10(17-13-8)9-2-1-5-15-9/h1-2,5-6H,3-4,7H2. The van der Waals surface area contributed by atoms with Gasteiger partial charge in [0.1, 0.15) is 12.3 Å². The van der Waals surface area contributed by atoms with Crippen LogP contribution in [0.5, 0.6) is 0 Å². The summed E-state index contributed by atoms with van der Waals surface area (Å²) in [4.78, 5) is 11.1. The first kappa shape index (κ1) is 11.9. The molecule has 0 spiro atoms. The number of furan rings is 1. The summed E-state index contributed by atoms with van der Waals surface area (Å²) >= 11 is 3.16. The van der Waals surface area contributed by atoms with Gasteiger partial charge in [-0.1, -0.05) is 21.1 Å². The largest absolute Gasteiger partial charge is 0.461 e. The molecule has 0 N–H and O–H groups in total. The van der Waals surface area contributed by atoms with E-state index < -0.39 is 0 Å². The lowest BCUT2D eigenvalue weighted by Crippen LogP contribution is -2.04. The second-order valence-corrected chi connectivity index (χ2v) is 4.05. The third-order valence-electron chi connectivity index (χ3n) is 2.00. The first-order chi connectivity index (χ1) is 8.29. The van der Waals surface area contributed by atoms with Crippen molar-refractivity contribution in [3.8, 4) is 11.5 Å². The van der Waals surface area contributed by atoms with E-state index >= 15 is 0 Å². The first-order valence-corrected chi connectivity index (χ1v) is 6.13. The van der Waals surface area contributed by atoms with Gasteiger partial charge in [0.15, 0.2) is 5.76 Å². The lowest BCUT2D eigenvalue weighted by Gasteiger charge is -1.98. The monoisotopic (exact) mass is 299 g/mol. The molecular weight excluding hydrogens is 290 g/mol. The number of hydrogen-bond acceptors (Lipinski definition) is 5. The normalized spacial score (nSPS) is 10.4. The maximum absolute atomic E-state index is 11.1. The number of ether oxygens (including phenoxy) is 1. The fourth-order valence-electron chi connectivity index (χ4n) is 1.22. The molecule has 0 fully saturated rings. The summed E-state index contributed by atoms with van der Waals surface area (Å²) in [6.45, 7) is 0.107. The van der Waals surface area contributed by atoms with Gasteiger partial charge in [0.05, 0.1) is 12.7 Å². The molecule has 2 aromatic heterocycles. The minimum absolute atomic E-state index is 0.107. The third kappa shape index (κ3) is 3.20. The molecule has 0 saturated carbocycles. The van der Waals surface area contributed by atoms with Crippen LogP contribution in [0.25, 0.3) is 11.5 Å². The summed E-state index contributed by atoms with van der Waals surface area (Å²) in [5.74, 6) is 0.835. The van der Waals surface area contributed by atoms with Crippen LogP contribution in [0, 0.1) is 0 Å². The Morgan fingerprint density at radius 3 is 3.06 bits per heavy atom. The van der Waals surface area contributed by atoms with E-state index in [1.165, 1.54) is 0 Å². The van der Waals surface area contributed by atoms with E-state index in [2.05, 4.69) is 21.1 Å². The second-order valence-electron chi connectivity index (χ2n) is 3.26. The topological polar surface area (TPSA) is 65.5 Å². The van der Waals surface area contributed by atoms with Gasteiger partial charge in [-0.15, -0.1) is 0 Å². The number of rotatable bonds is 5. The number of hydrogen-bond donors (Lipinski definition) is 0. The molecule has 90 valence electrons. The van der Waals surface area contributed by atoms with Gasteiger partial charge < -0.3 is 13.7 Å². The highest BCUT2D eigenvalue weighted by atomic mass is 79.9. The Labute approximate surface area is 106 Å². The Morgan fingerprint density at radius 2 is 2.35 bits per heavy atom. The predicted molar refractivity (Wildman–Crippen MR) is 62.4 cm³/mol. The molecule has 6 heteroatoms. The van der Waals surface area contributed by atoms with Gasteiger partial charge in [0.2, 0.25) is 5.76 Å². The number of aromatic nitrogens is 1. The molecule has 0 aliphatic rings. The Kier molecular flexibility index (Phi) is 3.98. The van der Waals surface area contributed by atoms with Crippen LogP contribution in [0.1, 0.15) is 12.1 Å². The zero-order chi connectivity index (χ0) is 12.1. The molecule has 0 saturated heterocycles. The van der Waals surface area contributed by atoms with Gasteiger partial charge in [-0.2, -0.15) is 0 Å². The average molecular weight is 300 g/mol. The summed E-state index contributed by atoms with van der Waals surface area (Å²) in [5, 5.41) is 4.37. The van der Waals surface area contributed by atoms with Crippen molar-refractivity contribution in [1.29, 1.82) is 0 Å². The molecule has 0 aliphatic carbocycles. The molecular formula is C11H10BrNO4. The summed E-state index contributed by atoms with van der Waals surface area (Å²) in [5.41, 5.74) is 0.555. The van der Waals surface area contributed by atoms with Gasteiger partial charge >= 0.3 is 5.97 Å². The maximum Gasteiger partial charge on any atom is 0.307 e. The minimum atomic E-state index is -0.274. The van der Waals surface area contributed by atoms with Crippen LogP contribution in [0.2, 0.25) is 0 Å². The van der Waals surface area contributed by atoms with Gasteiger partial charge in [-0.05, 0) is 12.1 Å². The number of alkyl halides is 1. The van der Waals surface area contributed by atoms with Gasteiger partial charge in [-0.25, -0.2) is 0 Å². The molecule has 5 nitrogen and oxygen atoms in total. The van der Waals surface area contributed by atoms with Gasteiger partial charge in [-0.3, -0.25) is 4.79 Å². The number of halogens is 1. The number of nitrogens with zero attached hydrogens (tertiary/aromatic N) is 1. The van der Waals surface area contributed by atoms with Crippen molar-refractivity contribution in [1.82, 2.24) is 5.16 Å². The van der Waals surface area contributed by atoms with Crippen LogP contribution in [-0.4, -0.2) is 16.5 Å². The fraction of sp³-hybridized carbons (Fsp3) is 0.273. The highest BCUT2D eigenvalue weighted by Crippen LogP contribution is 2.20. The number of carbonyl (C=O) groups excluding carboxylic acids is 1. The average Bonchev–Trinajstić information content (AvgIpc) is 2.97. The minimum Gasteiger partial charge on any atom is -0.461 e. The van der Waals surface area contributed by atoms with E-state index in [-0.39, 0.29) is 12.6 Å². The fourth-order valence-corrected chi connectivity index (χ4v) is 1.54. The van der Waals surface area contributed by atoms with Gasteiger partial charge in [0, 0.05) is 11.4 Å². The summed E-state index contributed by atoms with van der Waals surface area (Å²) < 4.78 is 15.2. The van der Waals surface area contributed by atoms with Crippen LogP contribution in [0.15, 0.2) is 33.4 Å². The molecule has 2 aromatic rings. The van der Waals surface area contributed by atoms with Crippen LogP contribution < -0.4 is 0 Å². The van der Waals surface area contributed by atoms with E-state index in [0.29, 0.717) is 29.0 Å². The lowest BCUT2D eigenvalue weighted by molar-refractivity contribution is -0.144. The highest BCUT2D eigenvalue weighted by molar-refractivity contribution is 9.09. The predicted octanol–water partition coefficient (Wildman–Crippen LogP) is 2.76. The van der Waals surface area contributed by atoms with E-state index in [4.69, 9.17) is 13.7 Å². The second kappa shape index (κ2) is 5.67. The lowest BCUT2D eigenvalue weighted by atomic mass is 10.3. The molecule has 0 bridgehead atoms. The van der Waals surface area contributed by atoms with Crippen molar-refractivity contribution in [3.05, 3.63) is 30.2 Å². The SMILES string of the molecule is O=C(CCBr)OCc1cc(-c2ccco2)on1. The van der Waals surface area contributed by atoms with Crippen LogP contribution >= 0.6 is 15.9 Å². The van der Waals surface area contributed by atoms with Crippen molar-refractivity contribution in [2.75, 3.05) is 5.33 Å². The van der Waals surface area contributed by atoms with Crippen molar-refractivity contribution < 1.29 is 18.5 Å². The molecule has 2 rings (SSSR count). The molecule has 17 heavy (non-hydrogen) atoms. The highest BCUT2D eigenvalue weighted by Gasteiger charge is 2.10. The summed E-state index contributed by atoms with van der Waals surface area (Å²) in [6.07, 6.45) is 1.89. The van der Waals surface area contributed by atoms with Crippen molar-refractivity contribution in [2.24, 2.45) is 0 Å². The van der Waals surface area contributed by atoms with E-state index in [0.717, 1.165) is 0 Å². The van der Waals surface area contributed by atoms with Gasteiger partial charge in [0.25, 0.3) is 0 Å². The summed E-state index contributed by atoms with van der Waals surface area (Å²) in [6, 6.07) is 5.20. The van der Waals surface area contributed by atoms with Crippen molar-refractivity contribution >= 4 is 21.9 Å². The molecule has 2 heterocycles. The van der Waals surface area contributed by atoms with E-state index in [1.807, 2.05) is 0 Å². The Hall–Kier alpha value is -1.56. The molecule has 0 aromatic carbocycles. The van der Waals surface area contributed by atoms with Crippen molar-refractivity contribution in [2.45, 2.75) is 13.0 Å². The summed E-state index contributed by atoms with van der Waals surface area (Å²) in [7, 11) is 0. The molecule has 0 atom stereocenters. The Morgan fingerprint density at radius 1 is 1.47 bits per heavy atom. The Bertz CT molecular complexity index is 477. The van der Waals surface area contributed by atoms with Crippen LogP contribution in [-0.2, 0) is 16.1 Å². The van der Waals surface area contributed by atoms with Crippen LogP contribution in [0.3, 0.4) is 0 Å². The maximum atomic E-state index is 11.1. The van der Waals surface area contributed by atoms with Crippen molar-refractivity contribution in [3.63, 3.8) is 0 Å². The number of carbonyl (C=O) groups is 1.